The van der Waals surface area contributed by atoms with E-state index in [1.807, 2.05) is 90.0 Å². The number of pyridine rings is 3. The summed E-state index contributed by atoms with van der Waals surface area (Å²) >= 11 is 21.2. The Morgan fingerprint density at radius 1 is 0.640 bits per heavy atom. The Morgan fingerprint density at radius 2 is 1.22 bits per heavy atom. The molecule has 2 saturated heterocycles. The maximum atomic E-state index is 13.1. The van der Waals surface area contributed by atoms with Crippen molar-refractivity contribution in [3.05, 3.63) is 185 Å². The van der Waals surface area contributed by atoms with E-state index in [1.54, 1.807) is 30.7 Å². The van der Waals surface area contributed by atoms with Gasteiger partial charge in [0.1, 0.15) is 22.8 Å². The van der Waals surface area contributed by atoms with Crippen LogP contribution in [0.1, 0.15) is 111 Å². The summed E-state index contributed by atoms with van der Waals surface area (Å²) in [4.78, 5) is 40.9. The molecule has 21 nitrogen and oxygen atoms in total. The van der Waals surface area contributed by atoms with Gasteiger partial charge in [0.15, 0.2) is 29.8 Å². The average molecular weight is 1450 g/mol. The van der Waals surface area contributed by atoms with Gasteiger partial charge in [-0.3, -0.25) is 24.5 Å². The van der Waals surface area contributed by atoms with Gasteiger partial charge in [0.25, 0.3) is 5.91 Å². The fourth-order valence-electron chi connectivity index (χ4n) is 15.1. The molecule has 0 saturated carbocycles. The quantitative estimate of drug-likeness (QED) is 0.0663. The number of thiophene rings is 1. The van der Waals surface area contributed by atoms with E-state index in [1.165, 1.54) is 12.0 Å². The van der Waals surface area contributed by atoms with Crippen molar-refractivity contribution < 1.29 is 46.4 Å². The lowest BCUT2D eigenvalue weighted by molar-refractivity contribution is -0.138. The first kappa shape index (κ1) is 66.5. The van der Waals surface area contributed by atoms with Crippen LogP contribution in [0, 0.1) is 5.92 Å². The van der Waals surface area contributed by atoms with Crippen molar-refractivity contribution >= 4 is 89.1 Å². The molecule has 6 N–H and O–H groups in total. The first-order valence-corrected chi connectivity index (χ1v) is 37.8. The number of carbonyl (C=O) groups excluding carboxylic acids is 2. The minimum Gasteiger partial charge on any atom is -0.481 e. The van der Waals surface area contributed by atoms with Gasteiger partial charge in [-0.15, -0.1) is 11.3 Å². The summed E-state index contributed by atoms with van der Waals surface area (Å²) in [5.41, 5.74) is 16.9. The summed E-state index contributed by atoms with van der Waals surface area (Å²) in [7, 11) is -3.29. The fraction of sp³-hybridized carbons (Fsp3) is 0.365. The van der Waals surface area contributed by atoms with E-state index in [2.05, 4.69) is 51.3 Å². The molecule has 26 heteroatoms. The molecule has 6 aromatic heterocycles. The Bertz CT molecular complexity index is 5010. The number of sulfonamides is 1. The van der Waals surface area contributed by atoms with E-state index in [9.17, 15) is 23.1 Å². The molecule has 13 heterocycles. The van der Waals surface area contributed by atoms with Crippen molar-refractivity contribution in [3.63, 3.8) is 0 Å². The van der Waals surface area contributed by atoms with Gasteiger partial charge in [-0.1, -0.05) is 57.2 Å². The number of benzene rings is 4. The SMILES string of the molecule is CC(=O)NCC1Cc2nccc(-c3cc(Cl)cc4c3OC(C(=O)N3CCCCC3)C4)c2C1.CS(=O)(=O)NCc1ccc2c(-c3cc(Cl)cc4c3OC(c3onc5c3CNCC5)C4)ccnc2c1.OC1(c2cc3nccc(-c4cc(Cl)cc5c4OC(c4onc6c4CNCC6)C5)c3s2)CNC1. The summed E-state index contributed by atoms with van der Waals surface area (Å²) in [6.07, 6.45) is 14.1. The van der Waals surface area contributed by atoms with E-state index >= 15 is 0 Å². The molecule has 18 rings (SSSR count). The monoisotopic (exact) mass is 1440 g/mol. The zero-order valence-electron chi connectivity index (χ0n) is 54.9. The summed E-state index contributed by atoms with van der Waals surface area (Å²) in [5.74, 6) is 4.33. The highest BCUT2D eigenvalue weighted by Gasteiger charge is 2.41. The van der Waals surface area contributed by atoms with Gasteiger partial charge in [-0.25, -0.2) is 13.1 Å². The van der Waals surface area contributed by atoms with Crippen molar-refractivity contribution in [2.45, 2.75) is 115 Å². The van der Waals surface area contributed by atoms with Crippen LogP contribution in [-0.2, 0) is 89.8 Å². The molecular weight excluding hydrogens is 1370 g/mol. The average Bonchev–Trinajstić information content (AvgIpc) is 1.55. The summed E-state index contributed by atoms with van der Waals surface area (Å²) < 4.78 is 57.3. The molecule has 4 aromatic carbocycles. The number of halogens is 3. The second kappa shape index (κ2) is 27.4. The smallest absolute Gasteiger partial charge is 0.263 e. The molecule has 4 unspecified atom stereocenters. The van der Waals surface area contributed by atoms with Gasteiger partial charge >= 0.3 is 0 Å². The van der Waals surface area contributed by atoms with E-state index < -0.39 is 21.7 Å². The van der Waals surface area contributed by atoms with Crippen LogP contribution in [0.4, 0.5) is 0 Å². The third-order valence-electron chi connectivity index (χ3n) is 20.1. The number of fused-ring (bicyclic) bond motifs is 8. The van der Waals surface area contributed by atoms with Gasteiger partial charge in [0, 0.05) is 204 Å². The van der Waals surface area contributed by atoms with Crippen LogP contribution in [0.15, 0.2) is 106 Å². The predicted octanol–water partition coefficient (Wildman–Crippen LogP) is 11.2. The van der Waals surface area contributed by atoms with Crippen LogP contribution in [0.5, 0.6) is 17.2 Å². The fourth-order valence-corrected chi connectivity index (χ4v) is 17.5. The van der Waals surface area contributed by atoms with E-state index in [0.29, 0.717) is 59.9 Å². The number of aromatic nitrogens is 5. The lowest BCUT2D eigenvalue weighted by Gasteiger charge is -2.36. The summed E-state index contributed by atoms with van der Waals surface area (Å²) in [6, 6.07) is 25.3. The number of nitrogens with one attached hydrogen (secondary N) is 5. The number of piperidine rings is 1. The second-order valence-electron chi connectivity index (χ2n) is 27.1. The first-order chi connectivity index (χ1) is 48.4. The van der Waals surface area contributed by atoms with E-state index in [0.717, 1.165) is 223 Å². The Balaban J connectivity index is 0.000000117. The molecule has 2 amide bonds. The van der Waals surface area contributed by atoms with Crippen molar-refractivity contribution in [1.82, 2.24) is 56.2 Å². The van der Waals surface area contributed by atoms with E-state index in [4.69, 9.17) is 58.1 Å². The van der Waals surface area contributed by atoms with Crippen molar-refractivity contribution in [2.24, 2.45) is 5.92 Å². The number of likely N-dealkylation sites (tertiary alicyclic amines) is 1. The Morgan fingerprint density at radius 3 is 1.84 bits per heavy atom. The minimum atomic E-state index is -3.29. The highest BCUT2D eigenvalue weighted by Crippen LogP contribution is 2.51. The number of nitrogens with zero attached hydrogens (tertiary/aromatic N) is 6. The van der Waals surface area contributed by atoms with Gasteiger partial charge in [-0.2, -0.15) is 0 Å². The van der Waals surface area contributed by atoms with Crippen LogP contribution in [-0.4, -0.2) is 114 Å². The van der Waals surface area contributed by atoms with Crippen LogP contribution < -0.4 is 40.2 Å². The highest BCUT2D eigenvalue weighted by atomic mass is 35.5. The zero-order valence-corrected chi connectivity index (χ0v) is 58.8. The number of carbonyl (C=O) groups is 2. The molecule has 516 valence electrons. The maximum absolute atomic E-state index is 13.1. The van der Waals surface area contributed by atoms with Crippen molar-refractivity contribution in [1.29, 1.82) is 0 Å². The largest absolute Gasteiger partial charge is 0.481 e. The molecule has 0 spiro atoms. The zero-order chi connectivity index (χ0) is 68.6. The van der Waals surface area contributed by atoms with Crippen molar-refractivity contribution in [3.8, 4) is 50.6 Å². The first-order valence-electron chi connectivity index (χ1n) is 33.9. The number of aliphatic hydroxyl groups is 1. The molecule has 8 aliphatic rings. The molecule has 2 fully saturated rings. The second-order valence-corrected chi connectivity index (χ2v) is 31.3. The van der Waals surface area contributed by atoms with Crippen LogP contribution in [0.2, 0.25) is 15.1 Å². The minimum absolute atomic E-state index is 0.0142. The predicted molar refractivity (Wildman–Crippen MR) is 381 cm³/mol. The molecule has 0 radical (unpaired) electrons. The van der Waals surface area contributed by atoms with Gasteiger partial charge in [0.05, 0.1) is 33.4 Å². The molecule has 4 atom stereocenters. The number of hydrogen-bond acceptors (Lipinski definition) is 19. The molecule has 10 aromatic rings. The summed E-state index contributed by atoms with van der Waals surface area (Å²) in [6.45, 7) is 8.42. The Labute approximate surface area is 596 Å². The molecular formula is C74H72Cl3N11O10S2. The lowest BCUT2D eigenvalue weighted by atomic mass is 9.95. The highest BCUT2D eigenvalue weighted by molar-refractivity contribution is 7.88. The van der Waals surface area contributed by atoms with Gasteiger partial charge < -0.3 is 54.5 Å². The Kier molecular flexibility index (Phi) is 18.2. The summed E-state index contributed by atoms with van der Waals surface area (Å²) in [5, 5.41) is 35.1. The molecule has 100 heavy (non-hydrogen) atoms. The molecule has 7 aliphatic heterocycles. The number of amides is 2. The Hall–Kier alpha value is -8.07. The molecule has 1 aliphatic carbocycles. The third kappa shape index (κ3) is 13.2. The standard InChI is InChI=1S/C25H23ClN4O4S.C25H28ClN3O3.C24H21ClN4O3S/c1-35(31,32)29-12-14-2-3-18-17(4-7-28-22(18)8-14)19-11-16(26)9-15-10-23(33-24(15)19)25-20-13-27-6-5-21(20)30-34-25;1-15(30)28-14-16-9-20-19(5-6-27-22(20)10-16)21-13-18(26)11-17-12-23(32-24(17)21)25(31)29-7-3-2-4-8-29;25-13-5-12-6-19(22-16-9-26-3-2-17(16)29-32-22)31-21(12)15(7-13)14-1-4-28-18-8-20(33-23(14)18)24(30)10-27-11-24/h2-4,7-9,11,23,27,29H,5-6,10,12-13H2,1H3;5-6,11,13,16,23H,2-4,7-10,12,14H2,1H3,(H,28,30);1,4-5,7-8,19,26-27,30H,2-3,6,9-11H2. The van der Waals surface area contributed by atoms with Crippen LogP contribution >= 0.6 is 46.1 Å². The maximum Gasteiger partial charge on any atom is 0.263 e. The number of ether oxygens (including phenoxy) is 3. The van der Waals surface area contributed by atoms with Crippen molar-refractivity contribution in [2.75, 3.05) is 52.1 Å². The number of hydrogen-bond donors (Lipinski definition) is 6. The van der Waals surface area contributed by atoms with Gasteiger partial charge in [-0.05, 0) is 127 Å². The van der Waals surface area contributed by atoms with Crippen LogP contribution in [0.25, 0.3) is 54.5 Å². The number of β-amino-alcohol motifs (C(OH)–C–C–N with tert-alkyl or cyclic N) is 1. The normalized spacial score (nSPS) is 19.8. The third-order valence-corrected chi connectivity index (χ3v) is 22.8. The topological polar surface area (TPSA) is 270 Å². The number of rotatable bonds is 12. The molecule has 0 bridgehead atoms. The van der Waals surface area contributed by atoms with Gasteiger partial charge in [0.2, 0.25) is 15.9 Å². The lowest BCUT2D eigenvalue weighted by Crippen LogP contribution is -2.56. The van der Waals surface area contributed by atoms with Crippen LogP contribution in [0.3, 0.4) is 0 Å². The van der Waals surface area contributed by atoms with E-state index in [-0.39, 0.29) is 30.6 Å².